The van der Waals surface area contributed by atoms with E-state index in [1.807, 2.05) is 13.0 Å². The molecule has 0 atom stereocenters. The van der Waals surface area contributed by atoms with E-state index in [0.29, 0.717) is 15.2 Å². The van der Waals surface area contributed by atoms with Gasteiger partial charge in [0.2, 0.25) is 5.75 Å². The number of aryl methyl sites for hydroxylation is 1. The normalized spacial score (nSPS) is 11.0. The highest BCUT2D eigenvalue weighted by Crippen LogP contribution is 2.33. The zero-order valence-corrected chi connectivity index (χ0v) is 13.2. The van der Waals surface area contributed by atoms with E-state index in [4.69, 9.17) is 11.6 Å². The van der Waals surface area contributed by atoms with Crippen molar-refractivity contribution in [1.29, 1.82) is 0 Å². The van der Waals surface area contributed by atoms with Gasteiger partial charge in [-0.1, -0.05) is 33.6 Å². The molecular weight excluding hydrogens is 360 g/mol. The van der Waals surface area contributed by atoms with Crippen LogP contribution in [0.15, 0.2) is 39.8 Å². The smallest absolute Gasteiger partial charge is 0.312 e. The van der Waals surface area contributed by atoms with E-state index in [0.717, 1.165) is 5.56 Å². The fourth-order valence-electron chi connectivity index (χ4n) is 1.65. The highest BCUT2D eigenvalue weighted by molar-refractivity contribution is 9.10. The predicted octanol–water partition coefficient (Wildman–Crippen LogP) is 4.78. The number of nitrogens with zero attached hydrogens (tertiary/aromatic N) is 2. The van der Waals surface area contributed by atoms with Crippen LogP contribution in [-0.4, -0.2) is 16.2 Å². The lowest BCUT2D eigenvalue weighted by atomic mass is 10.2. The van der Waals surface area contributed by atoms with Crippen LogP contribution in [-0.2, 0) is 0 Å². The standard InChI is InChI=1S/C14H10BrClN2O3/c1-8-2-3-11(6-12(8)16)17-7-9-4-10(15)5-13(14(9)19)18(20)21/h2-7,19H,1H3/b17-7+. The zero-order valence-electron chi connectivity index (χ0n) is 10.9. The van der Waals surface area contributed by atoms with Crippen LogP contribution in [0.4, 0.5) is 11.4 Å². The van der Waals surface area contributed by atoms with Gasteiger partial charge >= 0.3 is 5.69 Å². The lowest BCUT2D eigenvalue weighted by molar-refractivity contribution is -0.385. The number of nitro groups is 1. The highest BCUT2D eigenvalue weighted by atomic mass is 79.9. The van der Waals surface area contributed by atoms with E-state index in [1.165, 1.54) is 12.3 Å². The Morgan fingerprint density at radius 3 is 2.71 bits per heavy atom. The Kier molecular flexibility index (Phi) is 4.59. The van der Waals surface area contributed by atoms with Gasteiger partial charge in [0, 0.05) is 27.3 Å². The molecule has 0 unspecified atom stereocenters. The Hall–Kier alpha value is -1.92. The second-order valence-electron chi connectivity index (χ2n) is 4.31. The number of aromatic hydroxyl groups is 1. The van der Waals surface area contributed by atoms with Gasteiger partial charge in [0.25, 0.3) is 0 Å². The van der Waals surface area contributed by atoms with Gasteiger partial charge < -0.3 is 5.11 Å². The molecule has 1 N–H and O–H groups in total. The predicted molar refractivity (Wildman–Crippen MR) is 85.9 cm³/mol. The Balaban J connectivity index is 2.41. The molecule has 0 fully saturated rings. The molecule has 0 saturated heterocycles. The number of hydrogen-bond donors (Lipinski definition) is 1. The average Bonchev–Trinajstić information content (AvgIpc) is 2.42. The summed E-state index contributed by atoms with van der Waals surface area (Å²) in [6.07, 6.45) is 1.36. The molecule has 108 valence electrons. The number of halogens is 2. The Labute approximate surface area is 134 Å². The molecule has 2 rings (SSSR count). The number of nitro benzene ring substituents is 1. The second-order valence-corrected chi connectivity index (χ2v) is 5.63. The van der Waals surface area contributed by atoms with Gasteiger partial charge in [-0.3, -0.25) is 15.1 Å². The van der Waals surface area contributed by atoms with Crippen molar-refractivity contribution >= 4 is 45.1 Å². The summed E-state index contributed by atoms with van der Waals surface area (Å²) in [5.74, 6) is -0.426. The maximum Gasteiger partial charge on any atom is 0.312 e. The topological polar surface area (TPSA) is 75.7 Å². The summed E-state index contributed by atoms with van der Waals surface area (Å²) in [5.41, 5.74) is 1.38. The lowest BCUT2D eigenvalue weighted by Gasteiger charge is -2.02. The van der Waals surface area contributed by atoms with Crippen LogP contribution in [0.5, 0.6) is 5.75 Å². The molecular formula is C14H10BrClN2O3. The second kappa shape index (κ2) is 6.24. The van der Waals surface area contributed by atoms with Gasteiger partial charge in [-0.25, -0.2) is 0 Å². The molecule has 2 aromatic carbocycles. The van der Waals surface area contributed by atoms with Gasteiger partial charge in [-0.2, -0.15) is 0 Å². The maximum absolute atomic E-state index is 10.8. The lowest BCUT2D eigenvalue weighted by Crippen LogP contribution is -1.92. The van der Waals surface area contributed by atoms with Gasteiger partial charge in [-0.15, -0.1) is 0 Å². The fourth-order valence-corrected chi connectivity index (χ4v) is 2.29. The van der Waals surface area contributed by atoms with E-state index in [2.05, 4.69) is 20.9 Å². The molecule has 0 aliphatic rings. The van der Waals surface area contributed by atoms with Crippen molar-refractivity contribution in [3.05, 3.63) is 61.1 Å². The molecule has 0 heterocycles. The molecule has 2 aromatic rings. The summed E-state index contributed by atoms with van der Waals surface area (Å²) in [6, 6.07) is 8.03. The maximum atomic E-state index is 10.8. The van der Waals surface area contributed by atoms with Crippen LogP contribution in [0, 0.1) is 17.0 Å². The summed E-state index contributed by atoms with van der Waals surface area (Å²) in [5, 5.41) is 21.3. The molecule has 0 spiro atoms. The Morgan fingerprint density at radius 1 is 1.38 bits per heavy atom. The van der Waals surface area contributed by atoms with Crippen molar-refractivity contribution in [3.63, 3.8) is 0 Å². The van der Waals surface area contributed by atoms with Crippen LogP contribution >= 0.6 is 27.5 Å². The number of rotatable bonds is 3. The van der Waals surface area contributed by atoms with Crippen molar-refractivity contribution in [2.24, 2.45) is 4.99 Å². The first kappa shape index (κ1) is 15.5. The summed E-state index contributed by atoms with van der Waals surface area (Å²) in [6.45, 7) is 1.87. The van der Waals surface area contributed by atoms with E-state index in [1.54, 1.807) is 18.2 Å². The minimum Gasteiger partial charge on any atom is -0.502 e. The summed E-state index contributed by atoms with van der Waals surface area (Å²) >= 11 is 9.16. The molecule has 0 aromatic heterocycles. The first-order chi connectivity index (χ1) is 9.88. The van der Waals surface area contributed by atoms with Crippen molar-refractivity contribution in [3.8, 4) is 5.75 Å². The van der Waals surface area contributed by atoms with E-state index >= 15 is 0 Å². The van der Waals surface area contributed by atoms with Gasteiger partial charge in [0.05, 0.1) is 10.6 Å². The van der Waals surface area contributed by atoms with Crippen molar-refractivity contribution in [2.45, 2.75) is 6.92 Å². The first-order valence-electron chi connectivity index (χ1n) is 5.85. The molecule has 21 heavy (non-hydrogen) atoms. The number of hydrogen-bond acceptors (Lipinski definition) is 4. The molecule has 0 amide bonds. The summed E-state index contributed by atoms with van der Waals surface area (Å²) < 4.78 is 0.482. The SMILES string of the molecule is Cc1ccc(/N=C/c2cc(Br)cc([N+](=O)[O-])c2O)cc1Cl. The quantitative estimate of drug-likeness (QED) is 0.481. The molecule has 0 aliphatic carbocycles. The molecule has 0 radical (unpaired) electrons. The van der Waals surface area contributed by atoms with Crippen LogP contribution in [0.2, 0.25) is 5.02 Å². The number of phenols is 1. The molecule has 5 nitrogen and oxygen atoms in total. The van der Waals surface area contributed by atoms with Gasteiger partial charge in [-0.05, 0) is 30.7 Å². The molecule has 7 heteroatoms. The van der Waals surface area contributed by atoms with Crippen LogP contribution in [0.1, 0.15) is 11.1 Å². The van der Waals surface area contributed by atoms with Crippen molar-refractivity contribution in [1.82, 2.24) is 0 Å². The Morgan fingerprint density at radius 2 is 2.10 bits per heavy atom. The summed E-state index contributed by atoms with van der Waals surface area (Å²) in [4.78, 5) is 14.4. The van der Waals surface area contributed by atoms with Crippen LogP contribution in [0.3, 0.4) is 0 Å². The first-order valence-corrected chi connectivity index (χ1v) is 7.02. The van der Waals surface area contributed by atoms with Crippen LogP contribution in [0.25, 0.3) is 0 Å². The third-order valence-electron chi connectivity index (χ3n) is 2.79. The highest BCUT2D eigenvalue weighted by Gasteiger charge is 2.17. The molecule has 0 saturated carbocycles. The van der Waals surface area contributed by atoms with Crippen molar-refractivity contribution in [2.75, 3.05) is 0 Å². The monoisotopic (exact) mass is 368 g/mol. The summed E-state index contributed by atoms with van der Waals surface area (Å²) in [7, 11) is 0. The Bertz CT molecular complexity index is 747. The molecule has 0 bridgehead atoms. The van der Waals surface area contributed by atoms with Gasteiger partial charge in [0.15, 0.2) is 0 Å². The zero-order chi connectivity index (χ0) is 15.6. The molecule has 0 aliphatic heterocycles. The largest absolute Gasteiger partial charge is 0.502 e. The van der Waals surface area contributed by atoms with E-state index in [-0.39, 0.29) is 11.3 Å². The number of phenolic OH excluding ortho intramolecular Hbond substituents is 1. The number of benzene rings is 2. The van der Waals surface area contributed by atoms with E-state index < -0.39 is 10.7 Å². The third kappa shape index (κ3) is 3.59. The average molecular weight is 370 g/mol. The van der Waals surface area contributed by atoms with Crippen LogP contribution < -0.4 is 0 Å². The van der Waals surface area contributed by atoms with E-state index in [9.17, 15) is 15.2 Å². The minimum absolute atomic E-state index is 0.243. The fraction of sp³-hybridized carbons (Fsp3) is 0.0714. The van der Waals surface area contributed by atoms with Crippen molar-refractivity contribution < 1.29 is 10.0 Å². The van der Waals surface area contributed by atoms with Gasteiger partial charge in [0.1, 0.15) is 0 Å². The number of aliphatic imine (C=N–C) groups is 1. The third-order valence-corrected chi connectivity index (χ3v) is 3.65. The minimum atomic E-state index is -0.653.